The molecule has 0 saturated heterocycles. The maximum Gasteiger partial charge on any atom is 0.213 e. The number of rotatable bonds is 1. The van der Waals surface area contributed by atoms with Gasteiger partial charge in [-0.3, -0.25) is 0 Å². The van der Waals surface area contributed by atoms with Gasteiger partial charge < -0.3 is 8.98 Å². The average Bonchev–Trinajstić information content (AvgIpc) is 3.36. The van der Waals surface area contributed by atoms with Crippen molar-refractivity contribution in [2.75, 3.05) is 0 Å². The molecule has 5 nitrogen and oxygen atoms in total. The lowest BCUT2D eigenvalue weighted by molar-refractivity contribution is 0.669. The van der Waals surface area contributed by atoms with Gasteiger partial charge in [-0.1, -0.05) is 36.4 Å². The van der Waals surface area contributed by atoms with Crippen LogP contribution in [0.15, 0.2) is 77.2 Å². The number of para-hydroxylation sites is 2. The number of nitrogens with zero attached hydrogens (tertiary/aromatic N) is 4. The largest absolute Gasteiger partial charge is 0.456 e. The molecule has 0 aliphatic heterocycles. The van der Waals surface area contributed by atoms with Crippen molar-refractivity contribution in [2.24, 2.45) is 0 Å². The van der Waals surface area contributed by atoms with Gasteiger partial charge >= 0.3 is 0 Å². The number of benzene rings is 4. The molecule has 0 saturated carbocycles. The third-order valence-corrected chi connectivity index (χ3v) is 5.85. The molecule has 4 aromatic carbocycles. The fraction of sp³-hybridized carbons (Fsp3) is 0. The second-order valence-electron chi connectivity index (χ2n) is 7.54. The van der Waals surface area contributed by atoms with Crippen LogP contribution in [0, 0.1) is 29.2 Å². The van der Waals surface area contributed by atoms with Gasteiger partial charge in [0.1, 0.15) is 11.2 Å². The minimum Gasteiger partial charge on any atom is -0.456 e. The van der Waals surface area contributed by atoms with E-state index in [4.69, 9.17) is 11.0 Å². The molecule has 2 heterocycles. The van der Waals surface area contributed by atoms with Crippen LogP contribution in [0.4, 0.5) is 5.69 Å². The molecule has 0 N–H and O–H groups in total. The highest BCUT2D eigenvalue weighted by Crippen LogP contribution is 2.41. The van der Waals surface area contributed by atoms with Crippen molar-refractivity contribution >= 4 is 49.4 Å². The molecule has 0 bridgehead atoms. The van der Waals surface area contributed by atoms with Crippen LogP contribution in [0.5, 0.6) is 0 Å². The standard InChI is InChI=1S/C27H12N4O/c1-30-22-11-16(14-28)10-17(15-29)27(22)31-23-8-4-2-6-18(23)20-13-26-21(12-24(20)31)19-7-3-5-9-25(19)32-26/h2-13H. The Hall–Kier alpha value is -5.05. The molecule has 6 aromatic rings. The fourth-order valence-corrected chi connectivity index (χ4v) is 4.52. The summed E-state index contributed by atoms with van der Waals surface area (Å²) in [6.07, 6.45) is 0. The zero-order valence-electron chi connectivity index (χ0n) is 16.6. The van der Waals surface area contributed by atoms with E-state index in [9.17, 15) is 10.5 Å². The number of hydrogen-bond donors (Lipinski definition) is 0. The van der Waals surface area contributed by atoms with Crippen LogP contribution < -0.4 is 0 Å². The predicted octanol–water partition coefficient (Wildman–Crippen LogP) is 6.98. The van der Waals surface area contributed by atoms with Crippen LogP contribution in [-0.2, 0) is 0 Å². The van der Waals surface area contributed by atoms with Crippen LogP contribution >= 0.6 is 0 Å². The van der Waals surface area contributed by atoms with Crippen LogP contribution in [0.2, 0.25) is 0 Å². The van der Waals surface area contributed by atoms with Crippen molar-refractivity contribution in [2.45, 2.75) is 0 Å². The summed E-state index contributed by atoms with van der Waals surface area (Å²) in [5.74, 6) is 0. The number of nitriles is 2. The van der Waals surface area contributed by atoms with Gasteiger partial charge in [0.25, 0.3) is 0 Å². The molecule has 0 aliphatic carbocycles. The highest BCUT2D eigenvalue weighted by Gasteiger charge is 2.20. The highest BCUT2D eigenvalue weighted by atomic mass is 16.3. The molecular weight excluding hydrogens is 396 g/mol. The Bertz CT molecular complexity index is 1830. The summed E-state index contributed by atoms with van der Waals surface area (Å²) >= 11 is 0. The van der Waals surface area contributed by atoms with Gasteiger partial charge in [0, 0.05) is 27.1 Å². The van der Waals surface area contributed by atoms with Gasteiger partial charge in [-0.2, -0.15) is 10.5 Å². The Kier molecular flexibility index (Phi) is 3.60. The zero-order chi connectivity index (χ0) is 21.8. The monoisotopic (exact) mass is 408 g/mol. The Morgan fingerprint density at radius 1 is 0.750 bits per heavy atom. The molecule has 6 rings (SSSR count). The van der Waals surface area contributed by atoms with Crippen LogP contribution in [-0.4, -0.2) is 4.57 Å². The van der Waals surface area contributed by atoms with Crippen molar-refractivity contribution in [1.29, 1.82) is 10.5 Å². The Morgan fingerprint density at radius 2 is 1.53 bits per heavy atom. The molecular formula is C27H12N4O. The summed E-state index contributed by atoms with van der Waals surface area (Å²) in [7, 11) is 0. The molecule has 0 aliphatic rings. The second-order valence-corrected chi connectivity index (χ2v) is 7.54. The lowest BCUT2D eigenvalue weighted by Crippen LogP contribution is -1.99. The Morgan fingerprint density at radius 3 is 2.31 bits per heavy atom. The number of aromatic nitrogens is 1. The molecule has 0 amide bonds. The van der Waals surface area contributed by atoms with Gasteiger partial charge in [0.15, 0.2) is 0 Å². The van der Waals surface area contributed by atoms with Gasteiger partial charge in [0.05, 0.1) is 41.0 Å². The third kappa shape index (κ3) is 2.30. The summed E-state index contributed by atoms with van der Waals surface area (Å²) in [5, 5.41) is 23.2. The molecule has 0 fully saturated rings. The van der Waals surface area contributed by atoms with E-state index in [1.807, 2.05) is 65.2 Å². The molecule has 5 heteroatoms. The Balaban J connectivity index is 1.86. The van der Waals surface area contributed by atoms with Gasteiger partial charge in [0.2, 0.25) is 5.69 Å². The SMILES string of the molecule is [C-]#[N+]c1cc(C#N)cc(C#N)c1-n1c2ccccc2c2cc3oc4ccccc4c3cc21. The van der Waals surface area contributed by atoms with Crippen LogP contribution in [0.1, 0.15) is 11.1 Å². The van der Waals surface area contributed by atoms with E-state index in [2.05, 4.69) is 17.0 Å². The van der Waals surface area contributed by atoms with Crippen LogP contribution in [0.3, 0.4) is 0 Å². The Labute approximate surface area is 182 Å². The van der Waals surface area contributed by atoms with Crippen molar-refractivity contribution < 1.29 is 4.42 Å². The fourth-order valence-electron chi connectivity index (χ4n) is 4.52. The van der Waals surface area contributed by atoms with E-state index in [1.54, 1.807) is 0 Å². The van der Waals surface area contributed by atoms with E-state index in [-0.39, 0.29) is 11.3 Å². The van der Waals surface area contributed by atoms with Gasteiger partial charge in [-0.25, -0.2) is 4.85 Å². The quantitative estimate of drug-likeness (QED) is 0.276. The first kappa shape index (κ1) is 17.8. The molecule has 32 heavy (non-hydrogen) atoms. The zero-order valence-corrected chi connectivity index (χ0v) is 16.6. The molecule has 0 unspecified atom stereocenters. The first-order valence-corrected chi connectivity index (χ1v) is 9.94. The van der Waals surface area contributed by atoms with E-state index >= 15 is 0 Å². The van der Waals surface area contributed by atoms with Crippen LogP contribution in [0.25, 0.3) is 54.3 Å². The van der Waals surface area contributed by atoms with Crippen molar-refractivity contribution in [3.05, 3.63) is 95.3 Å². The smallest absolute Gasteiger partial charge is 0.213 e. The summed E-state index contributed by atoms with van der Waals surface area (Å²) in [6, 6.07) is 27.2. The number of fused-ring (bicyclic) bond motifs is 6. The summed E-state index contributed by atoms with van der Waals surface area (Å²) < 4.78 is 8.06. The third-order valence-electron chi connectivity index (χ3n) is 5.85. The number of furan rings is 1. The van der Waals surface area contributed by atoms with E-state index in [0.29, 0.717) is 11.3 Å². The average molecular weight is 408 g/mol. The van der Waals surface area contributed by atoms with E-state index in [1.165, 1.54) is 12.1 Å². The van der Waals surface area contributed by atoms with Crippen molar-refractivity contribution in [3.8, 4) is 17.8 Å². The van der Waals surface area contributed by atoms with Gasteiger partial charge in [-0.15, -0.1) is 0 Å². The first-order chi connectivity index (χ1) is 15.7. The summed E-state index contributed by atoms with van der Waals surface area (Å²) in [6.45, 7) is 7.74. The van der Waals surface area contributed by atoms with E-state index in [0.717, 1.165) is 43.7 Å². The predicted molar refractivity (Wildman–Crippen MR) is 124 cm³/mol. The summed E-state index contributed by atoms with van der Waals surface area (Å²) in [4.78, 5) is 3.67. The van der Waals surface area contributed by atoms with Crippen molar-refractivity contribution in [3.63, 3.8) is 0 Å². The minimum atomic E-state index is 0.264. The maximum atomic E-state index is 9.89. The van der Waals surface area contributed by atoms with E-state index < -0.39 is 0 Å². The van der Waals surface area contributed by atoms with Crippen molar-refractivity contribution in [1.82, 2.24) is 4.57 Å². The molecule has 2 aromatic heterocycles. The summed E-state index contributed by atoms with van der Waals surface area (Å²) in [5.41, 5.74) is 4.67. The topological polar surface area (TPSA) is 70.0 Å². The lowest BCUT2D eigenvalue weighted by atomic mass is 10.1. The molecule has 0 radical (unpaired) electrons. The molecule has 0 atom stereocenters. The molecule has 0 spiro atoms. The minimum absolute atomic E-state index is 0.264. The first-order valence-electron chi connectivity index (χ1n) is 9.94. The van der Waals surface area contributed by atoms with Gasteiger partial charge in [-0.05, 0) is 36.4 Å². The highest BCUT2D eigenvalue weighted by molar-refractivity contribution is 6.17. The number of hydrogen-bond acceptors (Lipinski definition) is 3. The maximum absolute atomic E-state index is 9.89. The second kappa shape index (κ2) is 6.47. The lowest BCUT2D eigenvalue weighted by Gasteiger charge is -2.12. The molecule has 146 valence electrons. The normalized spacial score (nSPS) is 11.0.